The lowest BCUT2D eigenvalue weighted by atomic mass is 9.89. The van der Waals surface area contributed by atoms with Crippen molar-refractivity contribution in [2.45, 2.75) is 25.3 Å². The maximum absolute atomic E-state index is 12.4. The first-order chi connectivity index (χ1) is 13.4. The summed E-state index contributed by atoms with van der Waals surface area (Å²) < 4.78 is 29.0. The Labute approximate surface area is 164 Å². The van der Waals surface area contributed by atoms with Crippen LogP contribution in [0.1, 0.15) is 29.4 Å². The molecule has 1 aliphatic heterocycles. The lowest BCUT2D eigenvalue weighted by Crippen LogP contribution is -2.28. The van der Waals surface area contributed by atoms with E-state index < -0.39 is 24.5 Å². The van der Waals surface area contributed by atoms with E-state index >= 15 is 0 Å². The van der Waals surface area contributed by atoms with Crippen LogP contribution in [0.15, 0.2) is 41.7 Å². The molecule has 1 aliphatic rings. The molecule has 0 fully saturated rings. The van der Waals surface area contributed by atoms with Gasteiger partial charge >= 0.3 is 0 Å². The Kier molecular flexibility index (Phi) is 6.08. The average molecular weight is 407 g/mol. The van der Waals surface area contributed by atoms with Gasteiger partial charge in [-0.2, -0.15) is 0 Å². The molecule has 1 amide bonds. The van der Waals surface area contributed by atoms with E-state index in [1.54, 1.807) is 6.07 Å². The molecule has 1 atom stereocenters. The molecule has 0 saturated heterocycles. The van der Waals surface area contributed by atoms with Crippen molar-refractivity contribution in [2.24, 2.45) is 10.7 Å². The van der Waals surface area contributed by atoms with E-state index in [-0.39, 0.29) is 11.6 Å². The predicted octanol–water partition coefficient (Wildman–Crippen LogP) is 3.04. The largest absolute Gasteiger partial charge is 0.470 e. The molecule has 28 heavy (non-hydrogen) atoms. The molecule has 2 heterocycles. The molecule has 0 radical (unpaired) electrons. The normalized spacial score (nSPS) is 19.2. The number of nitrogens with one attached hydrogen (secondary N) is 1. The zero-order valence-corrected chi connectivity index (χ0v) is 15.9. The third-order valence-electron chi connectivity index (χ3n) is 4.16. The molecule has 1 aromatic carbocycles. The maximum Gasteiger partial charge on any atom is 0.275 e. The number of amidine groups is 1. The van der Waals surface area contributed by atoms with Gasteiger partial charge in [-0.05, 0) is 31.0 Å². The number of alkyl halides is 2. The molecule has 0 spiro atoms. The predicted molar refractivity (Wildman–Crippen MR) is 104 cm³/mol. The van der Waals surface area contributed by atoms with Gasteiger partial charge in [-0.25, -0.2) is 18.7 Å². The molecule has 3 rings (SSSR count). The summed E-state index contributed by atoms with van der Waals surface area (Å²) in [4.78, 5) is 24.7. The molecule has 0 saturated carbocycles. The van der Waals surface area contributed by atoms with Crippen LogP contribution in [0.3, 0.4) is 0 Å². The second-order valence-electron chi connectivity index (χ2n) is 6.30. The van der Waals surface area contributed by atoms with Crippen molar-refractivity contribution in [1.29, 1.82) is 0 Å². The Morgan fingerprint density at radius 1 is 1.39 bits per heavy atom. The second-order valence-corrected chi connectivity index (χ2v) is 7.41. The zero-order valence-electron chi connectivity index (χ0n) is 15.1. The van der Waals surface area contributed by atoms with Crippen molar-refractivity contribution in [3.63, 3.8) is 0 Å². The van der Waals surface area contributed by atoms with E-state index in [9.17, 15) is 13.6 Å². The van der Waals surface area contributed by atoms with Crippen LogP contribution in [-0.4, -0.2) is 39.8 Å². The number of anilines is 1. The number of amides is 1. The van der Waals surface area contributed by atoms with Crippen LogP contribution in [0.5, 0.6) is 5.88 Å². The lowest BCUT2D eigenvalue weighted by molar-refractivity contribution is 0.0792. The Balaban J connectivity index is 1.70. The minimum absolute atomic E-state index is 0.0392. The first-order valence-corrected chi connectivity index (χ1v) is 9.47. The van der Waals surface area contributed by atoms with Gasteiger partial charge in [0.25, 0.3) is 12.3 Å². The third-order valence-corrected chi connectivity index (χ3v) is 4.95. The van der Waals surface area contributed by atoms with Gasteiger partial charge in [0.15, 0.2) is 11.8 Å². The number of hydrogen-bond donors (Lipinski definition) is 2. The number of aromatic nitrogens is 2. The van der Waals surface area contributed by atoms with Crippen molar-refractivity contribution in [3.05, 3.63) is 47.9 Å². The fraction of sp³-hybridized carbons (Fsp3) is 0.333. The minimum atomic E-state index is -2.61. The number of halogens is 2. The highest BCUT2D eigenvalue weighted by Gasteiger charge is 2.29. The number of carbonyl (C=O) groups excluding carboxylic acids is 1. The van der Waals surface area contributed by atoms with E-state index in [4.69, 9.17) is 10.5 Å². The summed E-state index contributed by atoms with van der Waals surface area (Å²) in [5.74, 6) is 0.327. The van der Waals surface area contributed by atoms with Crippen LogP contribution in [-0.2, 0) is 5.54 Å². The average Bonchev–Trinajstić information content (AvgIpc) is 2.67. The van der Waals surface area contributed by atoms with Gasteiger partial charge in [-0.15, -0.1) is 0 Å². The van der Waals surface area contributed by atoms with Gasteiger partial charge in [0.2, 0.25) is 5.88 Å². The van der Waals surface area contributed by atoms with Gasteiger partial charge < -0.3 is 15.8 Å². The lowest BCUT2D eigenvalue weighted by Gasteiger charge is -2.30. The van der Waals surface area contributed by atoms with Gasteiger partial charge in [-0.1, -0.05) is 23.9 Å². The second kappa shape index (κ2) is 8.51. The first kappa shape index (κ1) is 20.0. The molecule has 7 nitrogen and oxygen atoms in total. The van der Waals surface area contributed by atoms with Crippen LogP contribution >= 0.6 is 11.8 Å². The van der Waals surface area contributed by atoms with Crippen LogP contribution in [0.4, 0.5) is 14.5 Å². The number of hydrogen-bond acceptors (Lipinski definition) is 7. The molecule has 148 valence electrons. The van der Waals surface area contributed by atoms with Crippen molar-refractivity contribution in [2.75, 3.05) is 17.7 Å². The van der Waals surface area contributed by atoms with E-state index in [1.165, 1.54) is 18.0 Å². The summed E-state index contributed by atoms with van der Waals surface area (Å²) in [6, 6.07) is 7.37. The van der Waals surface area contributed by atoms with Crippen LogP contribution in [0.25, 0.3) is 0 Å². The van der Waals surface area contributed by atoms with Crippen molar-refractivity contribution >= 4 is 28.5 Å². The Morgan fingerprint density at radius 2 is 2.21 bits per heavy atom. The quantitative estimate of drug-likeness (QED) is 0.763. The fourth-order valence-corrected chi connectivity index (χ4v) is 3.65. The zero-order chi connectivity index (χ0) is 20.1. The third kappa shape index (κ3) is 4.94. The van der Waals surface area contributed by atoms with Crippen LogP contribution in [0, 0.1) is 0 Å². The molecule has 10 heteroatoms. The highest BCUT2D eigenvalue weighted by atomic mass is 32.2. The number of carbonyl (C=O) groups is 1. The van der Waals surface area contributed by atoms with Crippen molar-refractivity contribution in [1.82, 2.24) is 9.97 Å². The SMILES string of the molecule is C[C@@]1(c2cccc(NC(=O)c3cnc(OCC(F)F)cn3)c2)CCSC(N)=N1. The molecule has 0 aliphatic carbocycles. The molecule has 2 aromatic rings. The molecule has 3 N–H and O–H groups in total. The maximum atomic E-state index is 12.4. The topological polar surface area (TPSA) is 102 Å². The Bertz CT molecular complexity index is 879. The summed E-state index contributed by atoms with van der Waals surface area (Å²) in [5.41, 5.74) is 6.98. The summed E-state index contributed by atoms with van der Waals surface area (Å²) in [7, 11) is 0. The van der Waals surface area contributed by atoms with E-state index in [1.807, 2.05) is 25.1 Å². The fourth-order valence-electron chi connectivity index (χ4n) is 2.68. The van der Waals surface area contributed by atoms with Gasteiger partial charge in [0.05, 0.1) is 17.9 Å². The van der Waals surface area contributed by atoms with Gasteiger partial charge in [-0.3, -0.25) is 9.79 Å². The number of thioether (sulfide) groups is 1. The number of rotatable bonds is 6. The van der Waals surface area contributed by atoms with Gasteiger partial charge in [0, 0.05) is 11.4 Å². The van der Waals surface area contributed by atoms with Crippen LogP contribution < -0.4 is 15.8 Å². The van der Waals surface area contributed by atoms with E-state index in [0.717, 1.165) is 23.9 Å². The monoisotopic (exact) mass is 407 g/mol. The summed E-state index contributed by atoms with van der Waals surface area (Å²) in [6.45, 7) is 1.22. The molecule has 0 bridgehead atoms. The smallest absolute Gasteiger partial charge is 0.275 e. The number of nitrogens with two attached hydrogens (primary N) is 1. The number of aliphatic imine (C=N–C) groups is 1. The number of nitrogens with zero attached hydrogens (tertiary/aromatic N) is 3. The van der Waals surface area contributed by atoms with E-state index in [2.05, 4.69) is 20.3 Å². The van der Waals surface area contributed by atoms with Gasteiger partial charge in [0.1, 0.15) is 5.69 Å². The number of ether oxygens (including phenoxy) is 1. The Hall–Kier alpha value is -2.75. The standard InChI is InChI=1S/C18H19F2N5O2S/c1-18(5-6-28-17(21)25-18)11-3-2-4-12(7-11)24-16(26)13-8-23-15(9-22-13)27-10-14(19)20/h2-4,7-9,14H,5-6,10H2,1H3,(H2,21,25)(H,24,26)/t18-/m0/s1. The summed E-state index contributed by atoms with van der Waals surface area (Å²) >= 11 is 1.52. The highest BCUT2D eigenvalue weighted by molar-refractivity contribution is 8.13. The minimum Gasteiger partial charge on any atom is -0.470 e. The molecule has 1 aromatic heterocycles. The molecule has 0 unspecified atom stereocenters. The highest BCUT2D eigenvalue weighted by Crippen LogP contribution is 2.35. The molecular weight excluding hydrogens is 388 g/mol. The first-order valence-electron chi connectivity index (χ1n) is 8.49. The van der Waals surface area contributed by atoms with Crippen molar-refractivity contribution < 1.29 is 18.3 Å². The summed E-state index contributed by atoms with van der Waals surface area (Å²) in [6.07, 6.45) is 0.527. The number of benzene rings is 1. The summed E-state index contributed by atoms with van der Waals surface area (Å²) in [5, 5.41) is 3.30. The molecular formula is C18H19F2N5O2S. The van der Waals surface area contributed by atoms with Crippen LogP contribution in [0.2, 0.25) is 0 Å². The van der Waals surface area contributed by atoms with Crippen molar-refractivity contribution in [3.8, 4) is 5.88 Å². The Morgan fingerprint density at radius 3 is 2.89 bits per heavy atom. The van der Waals surface area contributed by atoms with E-state index in [0.29, 0.717) is 10.9 Å².